The number of nitrogens with one attached hydrogen (secondary N) is 2. The highest BCUT2D eigenvalue weighted by Crippen LogP contribution is 2.06. The van der Waals surface area contributed by atoms with Crippen LogP contribution in [0.2, 0.25) is 0 Å². The van der Waals surface area contributed by atoms with Gasteiger partial charge in [-0.25, -0.2) is 4.79 Å². The van der Waals surface area contributed by atoms with Crippen LogP contribution in [0.3, 0.4) is 0 Å². The molecule has 2 rings (SSSR count). The third-order valence-corrected chi connectivity index (χ3v) is 3.15. The molecule has 6 nitrogen and oxygen atoms in total. The summed E-state index contributed by atoms with van der Waals surface area (Å²) in [6, 6.07) is 6.98. The van der Waals surface area contributed by atoms with Crippen molar-refractivity contribution < 1.29 is 19.1 Å². The first-order valence-electron chi connectivity index (χ1n) is 7.07. The Kier molecular flexibility index (Phi) is 7.87. The first-order valence-corrected chi connectivity index (χ1v) is 7.07. The smallest absolute Gasteiger partial charge is 0.338 e. The summed E-state index contributed by atoms with van der Waals surface area (Å²) < 4.78 is 10.3. The van der Waals surface area contributed by atoms with Gasteiger partial charge in [0.05, 0.1) is 18.8 Å². The monoisotopic (exact) mass is 328 g/mol. The number of halogens is 1. The molecule has 1 amide bonds. The SMILES string of the molecule is CCOC(=O)c1ccc(CNC(=O)C2CNCCO2)cc1.Cl. The maximum atomic E-state index is 11.9. The predicted octanol–water partition coefficient (Wildman–Crippen LogP) is 0.890. The number of ether oxygens (including phenoxy) is 2. The molecule has 0 radical (unpaired) electrons. The van der Waals surface area contributed by atoms with Crippen LogP contribution in [0.25, 0.3) is 0 Å². The normalized spacial score (nSPS) is 17.2. The van der Waals surface area contributed by atoms with Gasteiger partial charge in [0.25, 0.3) is 5.91 Å². The lowest BCUT2D eigenvalue weighted by atomic mass is 10.1. The van der Waals surface area contributed by atoms with Crippen molar-refractivity contribution >= 4 is 24.3 Å². The molecule has 0 saturated carbocycles. The van der Waals surface area contributed by atoms with Crippen LogP contribution in [0.1, 0.15) is 22.8 Å². The summed E-state index contributed by atoms with van der Waals surface area (Å²) in [5.41, 5.74) is 1.42. The fourth-order valence-electron chi connectivity index (χ4n) is 2.01. The molecule has 1 aliphatic heterocycles. The molecule has 0 aromatic heterocycles. The Labute approximate surface area is 136 Å². The Balaban J connectivity index is 0.00000242. The average Bonchev–Trinajstić information content (AvgIpc) is 2.54. The van der Waals surface area contributed by atoms with E-state index in [0.717, 1.165) is 12.1 Å². The maximum absolute atomic E-state index is 11.9. The minimum atomic E-state index is -0.433. The molecule has 2 N–H and O–H groups in total. The second-order valence-corrected chi connectivity index (χ2v) is 4.70. The van der Waals surface area contributed by atoms with Gasteiger partial charge in [-0.3, -0.25) is 4.79 Å². The van der Waals surface area contributed by atoms with Crippen molar-refractivity contribution in [3.63, 3.8) is 0 Å². The predicted molar refractivity (Wildman–Crippen MR) is 84.1 cm³/mol. The van der Waals surface area contributed by atoms with E-state index in [1.165, 1.54) is 0 Å². The van der Waals surface area contributed by atoms with Gasteiger partial charge in [-0.2, -0.15) is 0 Å². The highest BCUT2D eigenvalue weighted by Gasteiger charge is 2.21. The van der Waals surface area contributed by atoms with Crippen LogP contribution in [-0.2, 0) is 20.8 Å². The van der Waals surface area contributed by atoms with Gasteiger partial charge in [0.1, 0.15) is 6.10 Å². The lowest BCUT2D eigenvalue weighted by Crippen LogP contribution is -2.47. The van der Waals surface area contributed by atoms with Crippen LogP contribution >= 0.6 is 12.4 Å². The van der Waals surface area contributed by atoms with Crippen LogP contribution in [0.4, 0.5) is 0 Å². The van der Waals surface area contributed by atoms with Gasteiger partial charge in [0.15, 0.2) is 0 Å². The topological polar surface area (TPSA) is 76.7 Å². The first kappa shape index (κ1) is 18.4. The van der Waals surface area contributed by atoms with E-state index in [1.807, 2.05) is 0 Å². The first-order chi connectivity index (χ1) is 10.2. The molecule has 0 aliphatic carbocycles. The van der Waals surface area contributed by atoms with Gasteiger partial charge in [-0.1, -0.05) is 12.1 Å². The van der Waals surface area contributed by atoms with E-state index in [2.05, 4.69) is 10.6 Å². The molecular formula is C15H21ClN2O4. The van der Waals surface area contributed by atoms with Gasteiger partial charge in [-0.15, -0.1) is 12.4 Å². The number of hydrogen-bond donors (Lipinski definition) is 2. The van der Waals surface area contributed by atoms with Crippen LogP contribution in [0.5, 0.6) is 0 Å². The third kappa shape index (κ3) is 5.29. The maximum Gasteiger partial charge on any atom is 0.338 e. The van der Waals surface area contributed by atoms with E-state index in [-0.39, 0.29) is 24.3 Å². The highest BCUT2D eigenvalue weighted by atomic mass is 35.5. The molecule has 1 aromatic rings. The van der Waals surface area contributed by atoms with E-state index in [0.29, 0.717) is 31.9 Å². The lowest BCUT2D eigenvalue weighted by molar-refractivity contribution is -0.134. The molecular weight excluding hydrogens is 308 g/mol. The molecule has 1 aromatic carbocycles. The van der Waals surface area contributed by atoms with Crippen LogP contribution < -0.4 is 10.6 Å². The van der Waals surface area contributed by atoms with Gasteiger partial charge < -0.3 is 20.1 Å². The van der Waals surface area contributed by atoms with Gasteiger partial charge in [0, 0.05) is 19.6 Å². The van der Waals surface area contributed by atoms with Crippen molar-refractivity contribution in [1.82, 2.24) is 10.6 Å². The third-order valence-electron chi connectivity index (χ3n) is 3.15. The fourth-order valence-corrected chi connectivity index (χ4v) is 2.01. The summed E-state index contributed by atoms with van der Waals surface area (Å²) >= 11 is 0. The van der Waals surface area contributed by atoms with Crippen LogP contribution in [0, 0.1) is 0 Å². The minimum absolute atomic E-state index is 0. The van der Waals surface area contributed by atoms with Gasteiger partial charge >= 0.3 is 5.97 Å². The zero-order valence-electron chi connectivity index (χ0n) is 12.5. The fraction of sp³-hybridized carbons (Fsp3) is 0.467. The standard InChI is InChI=1S/C15H20N2O4.ClH/c1-2-20-15(19)12-5-3-11(4-6-12)9-17-14(18)13-10-16-7-8-21-13;/h3-6,13,16H,2,7-10H2,1H3,(H,17,18);1H. The van der Waals surface area contributed by atoms with E-state index >= 15 is 0 Å². The molecule has 1 atom stereocenters. The molecule has 1 saturated heterocycles. The van der Waals surface area contributed by atoms with Crippen molar-refractivity contribution in [3.05, 3.63) is 35.4 Å². The minimum Gasteiger partial charge on any atom is -0.462 e. The lowest BCUT2D eigenvalue weighted by Gasteiger charge is -2.22. The Morgan fingerprint density at radius 1 is 1.36 bits per heavy atom. The summed E-state index contributed by atoms with van der Waals surface area (Å²) in [6.45, 7) is 4.39. The van der Waals surface area contributed by atoms with Gasteiger partial charge in [-0.05, 0) is 24.6 Å². The second-order valence-electron chi connectivity index (χ2n) is 4.70. The van der Waals surface area contributed by atoms with Crippen LogP contribution in [0.15, 0.2) is 24.3 Å². The van der Waals surface area contributed by atoms with Crippen molar-refractivity contribution in [3.8, 4) is 0 Å². The average molecular weight is 329 g/mol. The summed E-state index contributed by atoms with van der Waals surface area (Å²) in [4.78, 5) is 23.4. The molecule has 122 valence electrons. The Morgan fingerprint density at radius 2 is 2.09 bits per heavy atom. The van der Waals surface area contributed by atoms with Crippen molar-refractivity contribution in [1.29, 1.82) is 0 Å². The molecule has 1 heterocycles. The Hall–Kier alpha value is -1.63. The molecule has 1 fully saturated rings. The largest absolute Gasteiger partial charge is 0.462 e. The zero-order valence-corrected chi connectivity index (χ0v) is 13.3. The molecule has 1 aliphatic rings. The number of esters is 1. The Morgan fingerprint density at radius 3 is 2.68 bits per heavy atom. The molecule has 22 heavy (non-hydrogen) atoms. The molecule has 1 unspecified atom stereocenters. The van der Waals surface area contributed by atoms with E-state index in [4.69, 9.17) is 9.47 Å². The van der Waals surface area contributed by atoms with Crippen molar-refractivity contribution in [2.75, 3.05) is 26.3 Å². The van der Waals surface area contributed by atoms with Gasteiger partial charge in [0.2, 0.25) is 0 Å². The molecule has 0 spiro atoms. The number of hydrogen-bond acceptors (Lipinski definition) is 5. The zero-order chi connectivity index (χ0) is 15.1. The van der Waals surface area contributed by atoms with E-state index < -0.39 is 6.10 Å². The van der Waals surface area contributed by atoms with E-state index in [9.17, 15) is 9.59 Å². The van der Waals surface area contributed by atoms with Crippen LogP contribution in [-0.4, -0.2) is 44.3 Å². The van der Waals surface area contributed by atoms with Crippen molar-refractivity contribution in [2.24, 2.45) is 0 Å². The number of amides is 1. The van der Waals surface area contributed by atoms with Crippen molar-refractivity contribution in [2.45, 2.75) is 19.6 Å². The quantitative estimate of drug-likeness (QED) is 0.785. The number of morpholine rings is 1. The second kappa shape index (κ2) is 9.40. The highest BCUT2D eigenvalue weighted by molar-refractivity contribution is 5.89. The summed E-state index contributed by atoms with van der Waals surface area (Å²) in [5.74, 6) is -0.466. The summed E-state index contributed by atoms with van der Waals surface area (Å²) in [6.07, 6.45) is -0.433. The summed E-state index contributed by atoms with van der Waals surface area (Å²) in [5, 5.41) is 5.93. The number of carbonyl (C=O) groups excluding carboxylic acids is 2. The number of rotatable bonds is 5. The number of benzene rings is 1. The Bertz CT molecular complexity index is 487. The molecule has 0 bridgehead atoms. The molecule has 7 heteroatoms. The van der Waals surface area contributed by atoms with E-state index in [1.54, 1.807) is 31.2 Å². The number of carbonyl (C=O) groups is 2. The summed E-state index contributed by atoms with van der Waals surface area (Å²) in [7, 11) is 0.